The molecule has 1 heterocycles. The summed E-state index contributed by atoms with van der Waals surface area (Å²) >= 11 is 0. The molecule has 0 fully saturated rings. The number of aromatic amines is 1. The molecule has 1 aromatic heterocycles. The highest BCUT2D eigenvalue weighted by Crippen LogP contribution is 2.05. The van der Waals surface area contributed by atoms with Crippen LogP contribution in [0.15, 0.2) is 89.7 Å². The monoisotopic (exact) mass is 443 g/mol. The van der Waals surface area contributed by atoms with E-state index in [0.717, 1.165) is 16.7 Å². The number of nitrogens with zero attached hydrogens (tertiary/aromatic N) is 2. The minimum atomic E-state index is -1.02. The summed E-state index contributed by atoms with van der Waals surface area (Å²) in [6.45, 7) is 0.769. The standard InChI is InChI=1S/C25H22N4O4/c30-23(26-15-18-7-3-1-4-8-18)22-24(31)29(17-19-9-5-2-6-10-19)27-28(22)16-20-11-13-21(14-12-20)25(32)33/h1-14H,15-17H2,(H2-,26,27,30,31,32,33)/p+1. The third kappa shape index (κ3) is 5.24. The van der Waals surface area contributed by atoms with Crippen LogP contribution in [0.5, 0.6) is 0 Å². The number of aromatic nitrogens is 3. The van der Waals surface area contributed by atoms with Gasteiger partial charge in [0.1, 0.15) is 13.1 Å². The molecule has 33 heavy (non-hydrogen) atoms. The summed E-state index contributed by atoms with van der Waals surface area (Å²) in [5.74, 6) is -1.51. The molecule has 0 radical (unpaired) electrons. The van der Waals surface area contributed by atoms with E-state index in [1.165, 1.54) is 21.5 Å². The van der Waals surface area contributed by atoms with E-state index < -0.39 is 17.4 Å². The van der Waals surface area contributed by atoms with Crippen LogP contribution in [0, 0.1) is 0 Å². The van der Waals surface area contributed by atoms with Gasteiger partial charge in [0.2, 0.25) is 0 Å². The average molecular weight is 443 g/mol. The first-order valence-electron chi connectivity index (χ1n) is 10.4. The number of benzene rings is 3. The van der Waals surface area contributed by atoms with Crippen molar-refractivity contribution in [1.82, 2.24) is 15.2 Å². The van der Waals surface area contributed by atoms with Crippen molar-refractivity contribution in [2.45, 2.75) is 19.6 Å². The molecule has 0 saturated carbocycles. The molecule has 0 aliphatic carbocycles. The first-order chi connectivity index (χ1) is 16.0. The Kier molecular flexibility index (Phi) is 6.45. The zero-order valence-corrected chi connectivity index (χ0v) is 17.8. The number of carbonyl (C=O) groups is 2. The van der Waals surface area contributed by atoms with Crippen molar-refractivity contribution in [3.8, 4) is 0 Å². The van der Waals surface area contributed by atoms with Gasteiger partial charge in [-0.25, -0.2) is 9.59 Å². The fraction of sp³-hybridized carbons (Fsp3) is 0.120. The van der Waals surface area contributed by atoms with Gasteiger partial charge < -0.3 is 10.4 Å². The number of rotatable bonds is 8. The summed E-state index contributed by atoms with van der Waals surface area (Å²) in [6.07, 6.45) is 0. The summed E-state index contributed by atoms with van der Waals surface area (Å²) in [5, 5.41) is 14.9. The van der Waals surface area contributed by atoms with Gasteiger partial charge in [-0.3, -0.25) is 4.79 Å². The van der Waals surface area contributed by atoms with Gasteiger partial charge in [-0.15, -0.1) is 9.36 Å². The summed E-state index contributed by atoms with van der Waals surface area (Å²) < 4.78 is 2.87. The predicted octanol–water partition coefficient (Wildman–Crippen LogP) is 2.19. The topological polar surface area (TPSA) is 108 Å². The van der Waals surface area contributed by atoms with Gasteiger partial charge in [0, 0.05) is 6.54 Å². The number of H-pyrrole nitrogens is 1. The van der Waals surface area contributed by atoms with Gasteiger partial charge in [-0.05, 0) is 28.8 Å². The number of hydrogen-bond acceptors (Lipinski definition) is 3. The fourth-order valence-electron chi connectivity index (χ4n) is 3.49. The molecule has 0 aliphatic rings. The van der Waals surface area contributed by atoms with Crippen molar-refractivity contribution in [1.29, 1.82) is 0 Å². The second-order valence-corrected chi connectivity index (χ2v) is 7.58. The highest BCUT2D eigenvalue weighted by Gasteiger charge is 2.28. The third-order valence-corrected chi connectivity index (χ3v) is 5.20. The van der Waals surface area contributed by atoms with Crippen LogP contribution in [0.2, 0.25) is 0 Å². The predicted molar refractivity (Wildman–Crippen MR) is 121 cm³/mol. The minimum absolute atomic E-state index is 0.0239. The van der Waals surface area contributed by atoms with Crippen LogP contribution in [0.25, 0.3) is 0 Å². The smallest absolute Gasteiger partial charge is 0.406 e. The lowest BCUT2D eigenvalue weighted by Crippen LogP contribution is -2.46. The van der Waals surface area contributed by atoms with Crippen LogP contribution in [0.3, 0.4) is 0 Å². The Morgan fingerprint density at radius 2 is 1.45 bits per heavy atom. The van der Waals surface area contributed by atoms with Crippen molar-refractivity contribution in [2.75, 3.05) is 0 Å². The van der Waals surface area contributed by atoms with Gasteiger partial charge in [0.05, 0.1) is 5.56 Å². The van der Waals surface area contributed by atoms with Crippen LogP contribution in [0.4, 0.5) is 0 Å². The van der Waals surface area contributed by atoms with Crippen molar-refractivity contribution in [3.63, 3.8) is 0 Å². The molecule has 4 rings (SSSR count). The molecule has 0 bridgehead atoms. The number of hydrogen-bond donors (Lipinski definition) is 3. The molecule has 4 aromatic rings. The maximum absolute atomic E-state index is 13.2. The lowest BCUT2D eigenvalue weighted by molar-refractivity contribution is -0.749. The number of carboxylic acids is 1. The molecule has 8 heteroatoms. The molecule has 3 N–H and O–H groups in total. The van der Waals surface area contributed by atoms with E-state index in [1.807, 2.05) is 60.7 Å². The van der Waals surface area contributed by atoms with Crippen LogP contribution in [-0.2, 0) is 19.6 Å². The molecule has 166 valence electrons. The summed E-state index contributed by atoms with van der Waals surface area (Å²) in [4.78, 5) is 37.3. The highest BCUT2D eigenvalue weighted by atomic mass is 16.4. The summed E-state index contributed by atoms with van der Waals surface area (Å²) in [5.41, 5.74) is 2.28. The number of carboxylic acid groups (broad SMARTS) is 1. The zero-order valence-electron chi connectivity index (χ0n) is 17.8. The average Bonchev–Trinajstić information content (AvgIpc) is 3.13. The van der Waals surface area contributed by atoms with E-state index in [1.54, 1.807) is 12.1 Å². The third-order valence-electron chi connectivity index (χ3n) is 5.20. The Bertz CT molecular complexity index is 1310. The largest absolute Gasteiger partial charge is 0.478 e. The van der Waals surface area contributed by atoms with Gasteiger partial charge in [0.25, 0.3) is 0 Å². The molecule has 3 aromatic carbocycles. The van der Waals surface area contributed by atoms with Crippen LogP contribution < -0.4 is 15.6 Å². The van der Waals surface area contributed by atoms with Crippen molar-refractivity contribution in [3.05, 3.63) is 123 Å². The van der Waals surface area contributed by atoms with E-state index >= 15 is 0 Å². The van der Waals surface area contributed by atoms with Gasteiger partial charge in [-0.2, -0.15) is 0 Å². The van der Waals surface area contributed by atoms with E-state index in [-0.39, 0.29) is 30.9 Å². The number of nitrogens with one attached hydrogen (secondary N) is 2. The number of aromatic carboxylic acids is 1. The van der Waals surface area contributed by atoms with Crippen LogP contribution in [-0.4, -0.2) is 26.9 Å². The quantitative estimate of drug-likeness (QED) is 0.363. The summed E-state index contributed by atoms with van der Waals surface area (Å²) in [6, 6.07) is 25.2. The minimum Gasteiger partial charge on any atom is -0.478 e. The normalized spacial score (nSPS) is 10.7. The number of amides is 1. The fourth-order valence-corrected chi connectivity index (χ4v) is 3.49. The summed E-state index contributed by atoms with van der Waals surface area (Å²) in [7, 11) is 0. The van der Waals surface area contributed by atoms with Crippen LogP contribution >= 0.6 is 0 Å². The van der Waals surface area contributed by atoms with Gasteiger partial charge in [0.15, 0.2) is 0 Å². The number of carbonyl (C=O) groups excluding carboxylic acids is 1. The second-order valence-electron chi connectivity index (χ2n) is 7.58. The van der Waals surface area contributed by atoms with E-state index in [9.17, 15) is 14.4 Å². The lowest BCUT2D eigenvalue weighted by Gasteiger charge is -2.04. The lowest BCUT2D eigenvalue weighted by atomic mass is 10.1. The van der Waals surface area contributed by atoms with E-state index in [4.69, 9.17) is 5.11 Å². The maximum atomic E-state index is 13.2. The van der Waals surface area contributed by atoms with Crippen molar-refractivity contribution >= 4 is 11.9 Å². The molecular formula is C25H23N4O4+. The first kappa shape index (κ1) is 21.8. The molecule has 0 unspecified atom stereocenters. The molecule has 8 nitrogen and oxygen atoms in total. The molecule has 0 saturated heterocycles. The highest BCUT2D eigenvalue weighted by molar-refractivity contribution is 5.90. The van der Waals surface area contributed by atoms with Gasteiger partial charge >= 0.3 is 23.1 Å². The Labute approximate surface area is 189 Å². The van der Waals surface area contributed by atoms with E-state index in [2.05, 4.69) is 10.5 Å². The Morgan fingerprint density at radius 3 is 2.06 bits per heavy atom. The SMILES string of the molecule is O=C(O)c1ccc(C[n+]2[nH]n(Cc3ccccc3)c(=O)c2C(=O)NCc2ccccc2)cc1. The molecule has 0 aliphatic heterocycles. The second kappa shape index (κ2) is 9.78. The molecular weight excluding hydrogens is 420 g/mol. The van der Waals surface area contributed by atoms with E-state index in [0.29, 0.717) is 0 Å². The zero-order chi connectivity index (χ0) is 23.2. The molecule has 0 atom stereocenters. The van der Waals surface area contributed by atoms with Gasteiger partial charge in [-0.1, -0.05) is 78.0 Å². The maximum Gasteiger partial charge on any atom is 0.406 e. The Morgan fingerprint density at radius 1 is 0.848 bits per heavy atom. The first-order valence-corrected chi connectivity index (χ1v) is 10.4. The Balaban J connectivity index is 1.63. The molecule has 1 amide bonds. The van der Waals surface area contributed by atoms with Crippen molar-refractivity contribution < 1.29 is 19.4 Å². The van der Waals surface area contributed by atoms with Crippen LogP contribution in [0.1, 0.15) is 37.5 Å². The Hall–Kier alpha value is -4.46. The van der Waals surface area contributed by atoms with Crippen molar-refractivity contribution in [2.24, 2.45) is 0 Å². The molecule has 0 spiro atoms.